The molecule has 1 aromatic heterocycles. The minimum atomic E-state index is -1.11. The number of rotatable bonds is 6. The van der Waals surface area contributed by atoms with Crippen LogP contribution in [0.25, 0.3) is 0 Å². The lowest BCUT2D eigenvalue weighted by Crippen LogP contribution is -2.56. The topological polar surface area (TPSA) is 78.6 Å². The van der Waals surface area contributed by atoms with E-state index in [2.05, 4.69) is 9.88 Å². The van der Waals surface area contributed by atoms with Crippen molar-refractivity contribution in [1.82, 2.24) is 14.5 Å². The number of aliphatic carboxylic acids is 1. The van der Waals surface area contributed by atoms with E-state index in [1.54, 1.807) is 6.20 Å². The normalized spacial score (nSPS) is 24.3. The Balaban J connectivity index is 1.65. The average Bonchev–Trinajstić information content (AvgIpc) is 3.01. The van der Waals surface area contributed by atoms with Gasteiger partial charge in [0.15, 0.2) is 0 Å². The number of hydrogen-bond acceptors (Lipinski definition) is 4. The van der Waals surface area contributed by atoms with Crippen LogP contribution in [0.3, 0.4) is 0 Å². The van der Waals surface area contributed by atoms with Crippen LogP contribution in [-0.4, -0.2) is 56.4 Å². The largest absolute Gasteiger partial charge is 0.481 e. The maximum absolute atomic E-state index is 12.0. The molecule has 1 aliphatic rings. The molecule has 2 heterocycles. The first-order valence-electron chi connectivity index (χ1n) is 8.65. The van der Waals surface area contributed by atoms with Crippen molar-refractivity contribution >= 4 is 5.97 Å². The van der Waals surface area contributed by atoms with E-state index in [-0.39, 0.29) is 0 Å². The summed E-state index contributed by atoms with van der Waals surface area (Å²) in [6.45, 7) is 1.81. The summed E-state index contributed by atoms with van der Waals surface area (Å²) in [6, 6.07) is 9.56. The summed E-state index contributed by atoms with van der Waals surface area (Å²) in [5.74, 6) is 0.0847. The number of aryl methyl sites for hydroxylation is 1. The number of carboxylic acids is 1. The monoisotopic (exact) mass is 343 g/mol. The Hall–Kier alpha value is -2.18. The van der Waals surface area contributed by atoms with Crippen LogP contribution < -0.4 is 0 Å². The maximum atomic E-state index is 12.0. The molecule has 6 heteroatoms. The Morgan fingerprint density at radius 3 is 2.72 bits per heavy atom. The molecule has 2 atom stereocenters. The van der Waals surface area contributed by atoms with E-state index in [1.165, 1.54) is 0 Å². The summed E-state index contributed by atoms with van der Waals surface area (Å²) in [5, 5.41) is 20.5. The van der Waals surface area contributed by atoms with Crippen molar-refractivity contribution in [2.75, 3.05) is 19.6 Å². The lowest BCUT2D eigenvalue weighted by atomic mass is 9.71. The fraction of sp³-hybridized carbons (Fsp3) is 0.474. The van der Waals surface area contributed by atoms with E-state index in [0.717, 1.165) is 24.4 Å². The van der Waals surface area contributed by atoms with Gasteiger partial charge < -0.3 is 19.7 Å². The van der Waals surface area contributed by atoms with E-state index in [9.17, 15) is 15.0 Å². The number of likely N-dealkylation sites (tertiary alicyclic amines) is 1. The summed E-state index contributed by atoms with van der Waals surface area (Å²) in [4.78, 5) is 18.4. The van der Waals surface area contributed by atoms with Gasteiger partial charge in [-0.05, 0) is 24.9 Å². The quantitative estimate of drug-likeness (QED) is 0.828. The Morgan fingerprint density at radius 2 is 2.12 bits per heavy atom. The Morgan fingerprint density at radius 1 is 1.36 bits per heavy atom. The number of carbonyl (C=O) groups is 1. The summed E-state index contributed by atoms with van der Waals surface area (Å²) >= 11 is 0. The van der Waals surface area contributed by atoms with Gasteiger partial charge in [0.2, 0.25) is 0 Å². The molecule has 2 N–H and O–H groups in total. The molecule has 2 aromatic rings. The molecule has 3 rings (SSSR count). The van der Waals surface area contributed by atoms with Gasteiger partial charge in [0.05, 0.1) is 6.10 Å². The van der Waals surface area contributed by atoms with Gasteiger partial charge in [-0.1, -0.05) is 30.3 Å². The molecule has 0 bridgehead atoms. The number of benzene rings is 1. The molecule has 1 fully saturated rings. The SMILES string of the molecule is Cn1ccnc1CCN1CC[C@](Cc2ccccc2)(C(=O)O)[C@@H](O)C1. The maximum Gasteiger partial charge on any atom is 0.312 e. The number of carboxylic acid groups (broad SMARTS) is 1. The van der Waals surface area contributed by atoms with Gasteiger partial charge in [-0.2, -0.15) is 0 Å². The van der Waals surface area contributed by atoms with Crippen molar-refractivity contribution in [3.63, 3.8) is 0 Å². The van der Waals surface area contributed by atoms with Crippen LogP contribution in [0.2, 0.25) is 0 Å². The van der Waals surface area contributed by atoms with Crippen LogP contribution in [0.5, 0.6) is 0 Å². The first kappa shape index (κ1) is 17.6. The second kappa shape index (κ2) is 7.37. The third kappa shape index (κ3) is 3.75. The number of aromatic nitrogens is 2. The molecule has 1 aliphatic heterocycles. The van der Waals surface area contributed by atoms with Gasteiger partial charge in [0, 0.05) is 39.0 Å². The van der Waals surface area contributed by atoms with E-state index in [0.29, 0.717) is 25.9 Å². The van der Waals surface area contributed by atoms with Gasteiger partial charge >= 0.3 is 5.97 Å². The van der Waals surface area contributed by atoms with Gasteiger partial charge in [0.1, 0.15) is 11.2 Å². The number of aliphatic hydroxyl groups is 1. The van der Waals surface area contributed by atoms with Crippen LogP contribution in [0.15, 0.2) is 42.7 Å². The molecule has 0 aliphatic carbocycles. The molecular weight excluding hydrogens is 318 g/mol. The number of piperidine rings is 1. The standard InChI is InChI=1S/C19H25N3O3/c1-21-12-9-20-17(21)7-10-22-11-8-19(18(24)25,16(23)14-22)13-15-5-3-2-4-6-15/h2-6,9,12,16,23H,7-8,10-11,13-14H2,1H3,(H,24,25)/t16-,19+/m0/s1. The summed E-state index contributed by atoms with van der Waals surface area (Å²) in [5.41, 5.74) is -0.161. The van der Waals surface area contributed by atoms with E-state index in [1.807, 2.05) is 48.1 Å². The Kier molecular flexibility index (Phi) is 5.20. The van der Waals surface area contributed by atoms with Crippen molar-refractivity contribution in [3.05, 3.63) is 54.1 Å². The molecule has 0 radical (unpaired) electrons. The van der Waals surface area contributed by atoms with Crippen molar-refractivity contribution in [3.8, 4) is 0 Å². The van der Waals surface area contributed by atoms with E-state index in [4.69, 9.17) is 0 Å². The van der Waals surface area contributed by atoms with Crippen LogP contribution in [0, 0.1) is 5.41 Å². The lowest BCUT2D eigenvalue weighted by Gasteiger charge is -2.43. The van der Waals surface area contributed by atoms with Crippen LogP contribution in [0.4, 0.5) is 0 Å². The predicted octanol–water partition coefficient (Wildman–Crippen LogP) is 1.34. The smallest absolute Gasteiger partial charge is 0.312 e. The highest BCUT2D eigenvalue weighted by molar-refractivity contribution is 5.76. The molecule has 0 spiro atoms. The molecular formula is C19H25N3O3. The molecule has 1 aromatic carbocycles. The second-order valence-electron chi connectivity index (χ2n) is 6.89. The number of hydrogen-bond donors (Lipinski definition) is 2. The molecule has 1 saturated heterocycles. The first-order chi connectivity index (χ1) is 12.0. The Labute approximate surface area is 147 Å². The third-order valence-electron chi connectivity index (χ3n) is 5.30. The van der Waals surface area contributed by atoms with E-state index < -0.39 is 17.5 Å². The molecule has 134 valence electrons. The van der Waals surface area contributed by atoms with Gasteiger partial charge in [-0.25, -0.2) is 4.98 Å². The Bertz CT molecular complexity index is 716. The number of β-amino-alcohol motifs (C(OH)–C–C–N with tert-alkyl or cyclic N) is 1. The molecule has 25 heavy (non-hydrogen) atoms. The summed E-state index contributed by atoms with van der Waals surface area (Å²) < 4.78 is 1.98. The van der Waals surface area contributed by atoms with Gasteiger partial charge in [-0.3, -0.25) is 4.79 Å². The summed E-state index contributed by atoms with van der Waals surface area (Å²) in [7, 11) is 1.96. The average molecular weight is 343 g/mol. The van der Waals surface area contributed by atoms with Crippen molar-refractivity contribution < 1.29 is 15.0 Å². The highest BCUT2D eigenvalue weighted by Crippen LogP contribution is 2.36. The van der Waals surface area contributed by atoms with Crippen LogP contribution in [-0.2, 0) is 24.7 Å². The van der Waals surface area contributed by atoms with Gasteiger partial charge in [0.25, 0.3) is 0 Å². The molecule has 0 saturated carbocycles. The first-order valence-corrected chi connectivity index (χ1v) is 8.65. The number of aliphatic hydroxyl groups excluding tert-OH is 1. The highest BCUT2D eigenvalue weighted by Gasteiger charge is 2.48. The van der Waals surface area contributed by atoms with Gasteiger partial charge in [-0.15, -0.1) is 0 Å². The predicted molar refractivity (Wildman–Crippen MR) is 94.2 cm³/mol. The summed E-state index contributed by atoms with van der Waals surface area (Å²) in [6.07, 6.45) is 4.39. The fourth-order valence-electron chi connectivity index (χ4n) is 3.62. The zero-order valence-corrected chi connectivity index (χ0v) is 14.5. The van der Waals surface area contributed by atoms with Crippen molar-refractivity contribution in [2.24, 2.45) is 12.5 Å². The fourth-order valence-corrected chi connectivity index (χ4v) is 3.62. The van der Waals surface area contributed by atoms with Crippen LogP contribution >= 0.6 is 0 Å². The minimum Gasteiger partial charge on any atom is -0.481 e. The third-order valence-corrected chi connectivity index (χ3v) is 5.30. The van der Waals surface area contributed by atoms with Crippen LogP contribution in [0.1, 0.15) is 17.8 Å². The lowest BCUT2D eigenvalue weighted by molar-refractivity contribution is -0.162. The number of imidazole rings is 1. The van der Waals surface area contributed by atoms with Crippen molar-refractivity contribution in [1.29, 1.82) is 0 Å². The molecule has 0 amide bonds. The molecule has 0 unspecified atom stereocenters. The second-order valence-corrected chi connectivity index (χ2v) is 6.89. The van der Waals surface area contributed by atoms with Crippen molar-refractivity contribution in [2.45, 2.75) is 25.4 Å². The zero-order chi connectivity index (χ0) is 17.9. The zero-order valence-electron chi connectivity index (χ0n) is 14.5. The van der Waals surface area contributed by atoms with E-state index >= 15 is 0 Å². The number of nitrogens with zero attached hydrogens (tertiary/aromatic N) is 3. The molecule has 6 nitrogen and oxygen atoms in total. The highest BCUT2D eigenvalue weighted by atomic mass is 16.4. The minimum absolute atomic E-state index is 0.359.